The Morgan fingerprint density at radius 2 is 1.73 bits per heavy atom. The molecule has 6 heteroatoms. The molecular weight excluding hydrogens is 378 g/mol. The minimum Gasteiger partial charge on any atom is -0.467 e. The predicted molar refractivity (Wildman–Crippen MR) is 115 cm³/mol. The maximum Gasteiger partial charge on any atom is 0.255 e. The molecule has 0 saturated heterocycles. The van der Waals surface area contributed by atoms with Crippen molar-refractivity contribution in [3.05, 3.63) is 108 Å². The van der Waals surface area contributed by atoms with Gasteiger partial charge in [-0.25, -0.2) is 0 Å². The number of anilines is 1. The van der Waals surface area contributed by atoms with Crippen LogP contribution in [0, 0.1) is 6.92 Å². The first kappa shape index (κ1) is 19.3. The standard InChI is InChI=1S/C24H21N3O3/c1-17-10-11-18(15-22(17)27-12-4-5-13-27)23(28)26-21-9-3-2-8-20(21)24(29)25-16-19-7-6-14-30-19/h2-15H,16H2,1H3,(H,25,29)(H,26,28). The van der Waals surface area contributed by atoms with E-state index >= 15 is 0 Å². The van der Waals surface area contributed by atoms with Crippen LogP contribution in [-0.4, -0.2) is 16.4 Å². The molecule has 0 radical (unpaired) electrons. The Labute approximate surface area is 174 Å². The van der Waals surface area contributed by atoms with E-state index in [-0.39, 0.29) is 18.4 Å². The quantitative estimate of drug-likeness (QED) is 0.499. The molecule has 2 aromatic heterocycles. The molecule has 30 heavy (non-hydrogen) atoms. The van der Waals surface area contributed by atoms with Gasteiger partial charge in [-0.15, -0.1) is 0 Å². The fourth-order valence-corrected chi connectivity index (χ4v) is 3.18. The monoisotopic (exact) mass is 399 g/mol. The first-order valence-corrected chi connectivity index (χ1v) is 9.57. The van der Waals surface area contributed by atoms with Gasteiger partial charge in [0.15, 0.2) is 0 Å². The fraction of sp³-hybridized carbons (Fsp3) is 0.0833. The van der Waals surface area contributed by atoms with Gasteiger partial charge in [0.05, 0.1) is 24.1 Å². The van der Waals surface area contributed by atoms with Gasteiger partial charge in [0, 0.05) is 23.6 Å². The molecule has 0 saturated carbocycles. The topological polar surface area (TPSA) is 76.3 Å². The van der Waals surface area contributed by atoms with Crippen LogP contribution >= 0.6 is 0 Å². The molecule has 0 aliphatic heterocycles. The van der Waals surface area contributed by atoms with Crippen molar-refractivity contribution in [2.24, 2.45) is 0 Å². The van der Waals surface area contributed by atoms with Crippen LogP contribution in [0.4, 0.5) is 5.69 Å². The number of aryl methyl sites for hydroxylation is 1. The third-order valence-corrected chi connectivity index (χ3v) is 4.78. The van der Waals surface area contributed by atoms with Crippen LogP contribution < -0.4 is 10.6 Å². The Hall–Kier alpha value is -4.06. The van der Waals surface area contributed by atoms with Crippen LogP contribution in [0.25, 0.3) is 5.69 Å². The molecule has 2 aromatic carbocycles. The van der Waals surface area contributed by atoms with Crippen molar-refractivity contribution in [1.29, 1.82) is 0 Å². The van der Waals surface area contributed by atoms with Gasteiger partial charge >= 0.3 is 0 Å². The van der Waals surface area contributed by atoms with Crippen molar-refractivity contribution in [3.8, 4) is 5.69 Å². The van der Waals surface area contributed by atoms with Crippen molar-refractivity contribution in [2.45, 2.75) is 13.5 Å². The molecule has 2 N–H and O–H groups in total. The van der Waals surface area contributed by atoms with Gasteiger partial charge in [0.25, 0.3) is 11.8 Å². The first-order chi connectivity index (χ1) is 14.6. The lowest BCUT2D eigenvalue weighted by atomic mass is 10.1. The van der Waals surface area contributed by atoms with Crippen molar-refractivity contribution >= 4 is 17.5 Å². The van der Waals surface area contributed by atoms with Crippen molar-refractivity contribution < 1.29 is 14.0 Å². The second-order valence-electron chi connectivity index (χ2n) is 6.85. The average Bonchev–Trinajstić information content (AvgIpc) is 3.47. The highest BCUT2D eigenvalue weighted by Crippen LogP contribution is 2.20. The molecule has 6 nitrogen and oxygen atoms in total. The van der Waals surface area contributed by atoms with Crippen molar-refractivity contribution in [2.75, 3.05) is 5.32 Å². The van der Waals surface area contributed by atoms with Gasteiger partial charge in [0.2, 0.25) is 0 Å². The van der Waals surface area contributed by atoms with Gasteiger partial charge in [-0.1, -0.05) is 18.2 Å². The lowest BCUT2D eigenvalue weighted by Gasteiger charge is -2.13. The van der Waals surface area contributed by atoms with E-state index in [9.17, 15) is 9.59 Å². The number of rotatable bonds is 6. The number of hydrogen-bond donors (Lipinski definition) is 2. The summed E-state index contributed by atoms with van der Waals surface area (Å²) in [7, 11) is 0. The zero-order valence-corrected chi connectivity index (χ0v) is 16.5. The predicted octanol–water partition coefficient (Wildman–Crippen LogP) is 4.56. The largest absolute Gasteiger partial charge is 0.467 e. The van der Waals surface area contributed by atoms with Crippen LogP contribution in [-0.2, 0) is 6.54 Å². The SMILES string of the molecule is Cc1ccc(C(=O)Nc2ccccc2C(=O)NCc2ccco2)cc1-n1cccc1. The Bertz CT molecular complexity index is 1160. The first-order valence-electron chi connectivity index (χ1n) is 9.57. The highest BCUT2D eigenvalue weighted by molar-refractivity contribution is 6.09. The molecule has 2 amide bonds. The number of carbonyl (C=O) groups excluding carboxylic acids is 2. The number of aromatic nitrogens is 1. The molecule has 2 heterocycles. The zero-order valence-electron chi connectivity index (χ0n) is 16.5. The van der Waals surface area contributed by atoms with E-state index in [2.05, 4.69) is 10.6 Å². The number of hydrogen-bond acceptors (Lipinski definition) is 3. The Kier molecular flexibility index (Phi) is 5.48. The molecule has 0 fully saturated rings. The summed E-state index contributed by atoms with van der Waals surface area (Å²) in [6, 6.07) is 19.9. The number of amides is 2. The molecule has 4 aromatic rings. The summed E-state index contributed by atoms with van der Waals surface area (Å²) < 4.78 is 7.20. The number of benzene rings is 2. The van der Waals surface area contributed by atoms with Crippen LogP contribution in [0.3, 0.4) is 0 Å². The molecule has 0 aliphatic carbocycles. The number of furan rings is 1. The third-order valence-electron chi connectivity index (χ3n) is 4.78. The van der Waals surface area contributed by atoms with Gasteiger partial charge in [-0.3, -0.25) is 9.59 Å². The lowest BCUT2D eigenvalue weighted by Crippen LogP contribution is -2.24. The van der Waals surface area contributed by atoms with E-state index in [0.717, 1.165) is 11.3 Å². The summed E-state index contributed by atoms with van der Waals surface area (Å²) in [4.78, 5) is 25.5. The van der Waals surface area contributed by atoms with Crippen LogP contribution in [0.15, 0.2) is 89.8 Å². The van der Waals surface area contributed by atoms with E-state index in [1.807, 2.05) is 48.1 Å². The zero-order chi connectivity index (χ0) is 20.9. The summed E-state index contributed by atoms with van der Waals surface area (Å²) in [5, 5.41) is 5.66. The molecule has 0 unspecified atom stereocenters. The summed E-state index contributed by atoms with van der Waals surface area (Å²) >= 11 is 0. The van der Waals surface area contributed by atoms with Gasteiger partial charge in [-0.2, -0.15) is 0 Å². The molecule has 0 spiro atoms. The van der Waals surface area contributed by atoms with Crippen molar-refractivity contribution in [1.82, 2.24) is 9.88 Å². The fourth-order valence-electron chi connectivity index (χ4n) is 3.18. The number of nitrogens with zero attached hydrogens (tertiary/aromatic N) is 1. The molecule has 0 aliphatic rings. The lowest BCUT2D eigenvalue weighted by molar-refractivity contribution is 0.0949. The van der Waals surface area contributed by atoms with E-state index in [1.54, 1.807) is 48.7 Å². The summed E-state index contributed by atoms with van der Waals surface area (Å²) in [5.41, 5.74) is 3.32. The highest BCUT2D eigenvalue weighted by Gasteiger charge is 2.15. The number of para-hydroxylation sites is 1. The van der Waals surface area contributed by atoms with Crippen LogP contribution in [0.2, 0.25) is 0 Å². The second kappa shape index (κ2) is 8.53. The normalized spacial score (nSPS) is 10.6. The minimum absolute atomic E-state index is 0.270. The van der Waals surface area contributed by atoms with Crippen LogP contribution in [0.1, 0.15) is 32.0 Å². The second-order valence-corrected chi connectivity index (χ2v) is 6.85. The van der Waals surface area contributed by atoms with E-state index in [0.29, 0.717) is 22.6 Å². The molecule has 0 atom stereocenters. The van der Waals surface area contributed by atoms with Gasteiger partial charge in [0.1, 0.15) is 5.76 Å². The van der Waals surface area contributed by atoms with Crippen LogP contribution in [0.5, 0.6) is 0 Å². The van der Waals surface area contributed by atoms with E-state index in [4.69, 9.17) is 4.42 Å². The smallest absolute Gasteiger partial charge is 0.255 e. The number of nitrogens with one attached hydrogen (secondary N) is 2. The van der Waals surface area contributed by atoms with E-state index in [1.165, 1.54) is 0 Å². The van der Waals surface area contributed by atoms with E-state index < -0.39 is 0 Å². The number of carbonyl (C=O) groups is 2. The van der Waals surface area contributed by atoms with Gasteiger partial charge in [-0.05, 0) is 61.0 Å². The summed E-state index contributed by atoms with van der Waals surface area (Å²) in [6.45, 7) is 2.27. The third kappa shape index (κ3) is 4.17. The molecule has 4 rings (SSSR count). The Morgan fingerprint density at radius 3 is 2.50 bits per heavy atom. The summed E-state index contributed by atoms with van der Waals surface area (Å²) in [5.74, 6) is 0.0796. The molecule has 0 bridgehead atoms. The minimum atomic E-state index is -0.292. The highest BCUT2D eigenvalue weighted by atomic mass is 16.3. The Morgan fingerprint density at radius 1 is 0.933 bits per heavy atom. The molecular formula is C24H21N3O3. The maximum atomic E-state index is 12.9. The molecule has 150 valence electrons. The Balaban J connectivity index is 1.53. The average molecular weight is 399 g/mol. The van der Waals surface area contributed by atoms with Gasteiger partial charge < -0.3 is 19.6 Å². The van der Waals surface area contributed by atoms with Crippen molar-refractivity contribution in [3.63, 3.8) is 0 Å². The maximum absolute atomic E-state index is 12.9. The summed E-state index contributed by atoms with van der Waals surface area (Å²) in [6.07, 6.45) is 5.42.